The molecular formula is C30H37Cl2N2O3. The van der Waals surface area contributed by atoms with Crippen LogP contribution in [0.1, 0.15) is 56.1 Å². The van der Waals surface area contributed by atoms with Gasteiger partial charge in [-0.1, -0.05) is 79.6 Å². The van der Waals surface area contributed by atoms with Crippen molar-refractivity contribution in [3.8, 4) is 0 Å². The van der Waals surface area contributed by atoms with Gasteiger partial charge in [0, 0.05) is 30.1 Å². The van der Waals surface area contributed by atoms with Crippen LogP contribution in [-0.4, -0.2) is 42.6 Å². The van der Waals surface area contributed by atoms with E-state index in [0.29, 0.717) is 22.5 Å². The molecule has 0 heterocycles. The molecule has 2 aromatic rings. The first-order valence-electron chi connectivity index (χ1n) is 13.2. The lowest BCUT2D eigenvalue weighted by Gasteiger charge is -2.30. The normalized spacial score (nSPS) is 15.5. The third-order valence-electron chi connectivity index (χ3n) is 7.22. The SMILES string of the molecule is CN(CCc1ccc(Cl)cc1)C(=O)CC[C@@H](C=O)NC(=O)[CH][C@@H](Cc1cccc(Cl)c1)C1CCCCC1. The summed E-state index contributed by atoms with van der Waals surface area (Å²) in [5.74, 6) is 0.203. The maximum absolute atomic E-state index is 12.9. The summed E-state index contributed by atoms with van der Waals surface area (Å²) in [6.45, 7) is 0.568. The van der Waals surface area contributed by atoms with Gasteiger partial charge in [-0.25, -0.2) is 0 Å². The number of nitrogens with zero attached hydrogens (tertiary/aromatic N) is 1. The molecule has 0 saturated heterocycles. The number of rotatable bonds is 13. The van der Waals surface area contributed by atoms with Gasteiger partial charge in [-0.2, -0.15) is 0 Å². The van der Waals surface area contributed by atoms with Crippen LogP contribution in [0.4, 0.5) is 0 Å². The van der Waals surface area contributed by atoms with Crippen LogP contribution in [0.15, 0.2) is 48.5 Å². The number of carbonyl (C=O) groups is 3. The first-order chi connectivity index (χ1) is 17.8. The predicted molar refractivity (Wildman–Crippen MR) is 150 cm³/mol. The molecule has 7 heteroatoms. The van der Waals surface area contributed by atoms with Gasteiger partial charge in [0.2, 0.25) is 11.8 Å². The van der Waals surface area contributed by atoms with E-state index in [-0.39, 0.29) is 30.6 Å². The van der Waals surface area contributed by atoms with Gasteiger partial charge >= 0.3 is 0 Å². The standard InChI is InChI=1S/C30H37Cl2N2O3/c1-34(17-16-22-10-12-26(31)13-11-22)30(37)15-14-28(21-35)33-29(36)20-25(24-7-3-2-4-8-24)18-23-6-5-9-27(32)19-23/h5-6,9-13,19-21,24-25,28H,2-4,7-8,14-18H2,1H3,(H,33,36)/t25-,28+/m1/s1. The van der Waals surface area contributed by atoms with Crippen molar-refractivity contribution in [2.24, 2.45) is 11.8 Å². The van der Waals surface area contributed by atoms with Crippen molar-refractivity contribution >= 4 is 41.3 Å². The minimum atomic E-state index is -0.699. The van der Waals surface area contributed by atoms with Gasteiger partial charge in [-0.05, 0) is 66.5 Å². The molecule has 2 aromatic carbocycles. The summed E-state index contributed by atoms with van der Waals surface area (Å²) in [6.07, 6.45) is 10.2. The van der Waals surface area contributed by atoms with Crippen molar-refractivity contribution in [1.29, 1.82) is 0 Å². The molecule has 0 spiro atoms. The Labute approximate surface area is 230 Å². The van der Waals surface area contributed by atoms with Crippen molar-refractivity contribution < 1.29 is 14.4 Å². The quantitative estimate of drug-likeness (QED) is 0.310. The van der Waals surface area contributed by atoms with E-state index in [1.165, 1.54) is 19.3 Å². The minimum Gasteiger partial charge on any atom is -0.346 e. The van der Waals surface area contributed by atoms with E-state index >= 15 is 0 Å². The maximum Gasteiger partial charge on any atom is 0.224 e. The topological polar surface area (TPSA) is 66.5 Å². The lowest BCUT2D eigenvalue weighted by molar-refractivity contribution is -0.130. The molecular weight excluding hydrogens is 507 g/mol. The molecule has 0 unspecified atom stereocenters. The second-order valence-electron chi connectivity index (χ2n) is 10.0. The average Bonchev–Trinajstić information content (AvgIpc) is 2.90. The van der Waals surface area contributed by atoms with Crippen LogP contribution in [0.5, 0.6) is 0 Å². The van der Waals surface area contributed by atoms with Gasteiger partial charge in [0.1, 0.15) is 6.29 Å². The van der Waals surface area contributed by atoms with Gasteiger partial charge < -0.3 is 15.0 Å². The van der Waals surface area contributed by atoms with Gasteiger partial charge in [0.25, 0.3) is 0 Å². The van der Waals surface area contributed by atoms with Gasteiger partial charge in [-0.3, -0.25) is 9.59 Å². The lowest BCUT2D eigenvalue weighted by atomic mass is 9.76. The molecule has 1 aliphatic carbocycles. The number of hydrogen-bond acceptors (Lipinski definition) is 3. The Morgan fingerprint density at radius 1 is 1.03 bits per heavy atom. The Morgan fingerprint density at radius 2 is 1.76 bits per heavy atom. The predicted octanol–water partition coefficient (Wildman–Crippen LogP) is 6.10. The molecule has 199 valence electrons. The number of nitrogens with one attached hydrogen (secondary N) is 1. The molecule has 1 N–H and O–H groups in total. The number of halogens is 2. The van der Waals surface area contributed by atoms with Crippen LogP contribution in [0.25, 0.3) is 0 Å². The first kappa shape index (κ1) is 29.2. The minimum absolute atomic E-state index is 0.0555. The molecule has 1 radical (unpaired) electrons. The second kappa shape index (κ2) is 15.1. The maximum atomic E-state index is 12.9. The number of amides is 2. The monoisotopic (exact) mass is 543 g/mol. The van der Waals surface area contributed by atoms with Crippen LogP contribution in [-0.2, 0) is 27.2 Å². The van der Waals surface area contributed by atoms with Crippen LogP contribution >= 0.6 is 23.2 Å². The van der Waals surface area contributed by atoms with Crippen molar-refractivity contribution in [1.82, 2.24) is 10.2 Å². The Balaban J connectivity index is 1.48. The molecule has 0 aliphatic heterocycles. The van der Waals surface area contributed by atoms with E-state index in [1.54, 1.807) is 18.4 Å². The smallest absolute Gasteiger partial charge is 0.224 e. The largest absolute Gasteiger partial charge is 0.346 e. The molecule has 0 bridgehead atoms. The Hall–Kier alpha value is -2.37. The third kappa shape index (κ3) is 10.1. The molecule has 2 atom stereocenters. The van der Waals surface area contributed by atoms with Crippen LogP contribution < -0.4 is 5.32 Å². The molecule has 3 rings (SSSR count). The molecule has 1 fully saturated rings. The van der Waals surface area contributed by atoms with Crippen molar-refractivity contribution in [2.45, 2.75) is 63.8 Å². The van der Waals surface area contributed by atoms with Crippen molar-refractivity contribution in [3.63, 3.8) is 0 Å². The number of benzene rings is 2. The summed E-state index contributed by atoms with van der Waals surface area (Å²) in [5.41, 5.74) is 2.20. The summed E-state index contributed by atoms with van der Waals surface area (Å²) in [5, 5.41) is 4.19. The van der Waals surface area contributed by atoms with Gasteiger partial charge in [-0.15, -0.1) is 0 Å². The number of carbonyl (C=O) groups excluding carboxylic acids is 3. The van der Waals surface area contributed by atoms with E-state index in [4.69, 9.17) is 23.2 Å². The zero-order chi connectivity index (χ0) is 26.6. The fourth-order valence-corrected chi connectivity index (χ4v) is 5.34. The van der Waals surface area contributed by atoms with Gasteiger partial charge in [0.05, 0.1) is 12.5 Å². The van der Waals surface area contributed by atoms with Crippen LogP contribution in [0.3, 0.4) is 0 Å². The first-order valence-corrected chi connectivity index (χ1v) is 13.9. The zero-order valence-electron chi connectivity index (χ0n) is 21.5. The van der Waals surface area contributed by atoms with E-state index in [9.17, 15) is 14.4 Å². The van der Waals surface area contributed by atoms with E-state index in [2.05, 4.69) is 5.32 Å². The zero-order valence-corrected chi connectivity index (χ0v) is 23.0. The number of hydrogen-bond donors (Lipinski definition) is 1. The number of aldehydes is 1. The van der Waals surface area contributed by atoms with Crippen LogP contribution in [0.2, 0.25) is 10.0 Å². The average molecular weight is 545 g/mol. The Morgan fingerprint density at radius 3 is 2.43 bits per heavy atom. The summed E-state index contributed by atoms with van der Waals surface area (Å²) < 4.78 is 0. The summed E-state index contributed by atoms with van der Waals surface area (Å²) >= 11 is 12.1. The summed E-state index contributed by atoms with van der Waals surface area (Å²) in [6, 6.07) is 14.6. The van der Waals surface area contributed by atoms with E-state index in [0.717, 1.165) is 43.1 Å². The van der Waals surface area contributed by atoms with Crippen molar-refractivity contribution in [3.05, 3.63) is 76.1 Å². The highest BCUT2D eigenvalue weighted by Gasteiger charge is 2.27. The molecule has 1 saturated carbocycles. The molecule has 5 nitrogen and oxygen atoms in total. The van der Waals surface area contributed by atoms with E-state index < -0.39 is 6.04 Å². The fourth-order valence-electron chi connectivity index (χ4n) is 5.00. The Kier molecular flexibility index (Phi) is 11.9. The fraction of sp³-hybridized carbons (Fsp3) is 0.467. The molecule has 37 heavy (non-hydrogen) atoms. The van der Waals surface area contributed by atoms with Crippen molar-refractivity contribution in [2.75, 3.05) is 13.6 Å². The summed E-state index contributed by atoms with van der Waals surface area (Å²) in [7, 11) is 1.76. The summed E-state index contributed by atoms with van der Waals surface area (Å²) in [4.78, 5) is 38.9. The van der Waals surface area contributed by atoms with E-state index in [1.807, 2.05) is 48.5 Å². The lowest BCUT2D eigenvalue weighted by Crippen LogP contribution is -2.39. The Bertz CT molecular complexity index is 1020. The highest BCUT2D eigenvalue weighted by molar-refractivity contribution is 6.30. The highest BCUT2D eigenvalue weighted by Crippen LogP contribution is 2.34. The second-order valence-corrected chi connectivity index (χ2v) is 10.9. The van der Waals surface area contributed by atoms with Crippen LogP contribution in [0, 0.1) is 18.3 Å². The molecule has 2 amide bonds. The van der Waals surface area contributed by atoms with Gasteiger partial charge in [0.15, 0.2) is 0 Å². The molecule has 1 aliphatic rings. The third-order valence-corrected chi connectivity index (χ3v) is 7.70. The number of likely N-dealkylation sites (N-methyl/N-ethyl adjacent to an activating group) is 1. The molecule has 0 aromatic heterocycles. The highest BCUT2D eigenvalue weighted by atomic mass is 35.5.